The minimum atomic E-state index is -0.380. The Morgan fingerprint density at radius 3 is 1.54 bits per heavy atom. The molecule has 0 atom stereocenters. The first kappa shape index (κ1) is 11.8. The molecule has 0 radical (unpaired) electrons. The highest BCUT2D eigenvalue weighted by Gasteiger charge is 1.94. The van der Waals surface area contributed by atoms with Crippen LogP contribution in [0.3, 0.4) is 0 Å². The molecule has 0 bridgehead atoms. The van der Waals surface area contributed by atoms with Crippen LogP contribution in [0, 0.1) is 0 Å². The Morgan fingerprint density at radius 1 is 1.00 bits per heavy atom. The smallest absolute Gasteiger partial charge is 0.195 e. The summed E-state index contributed by atoms with van der Waals surface area (Å²) in [6.07, 6.45) is 0. The fraction of sp³-hybridized carbons (Fsp3) is 0.200. The predicted molar refractivity (Wildman–Crippen MR) is 52.8 cm³/mol. The van der Waals surface area contributed by atoms with E-state index in [-0.39, 0.29) is 11.6 Å². The fourth-order valence-electron chi connectivity index (χ4n) is 0.415. The van der Waals surface area contributed by atoms with E-state index in [1.54, 1.807) is 0 Å². The van der Waals surface area contributed by atoms with Gasteiger partial charge in [-0.25, -0.2) is 0 Å². The SMILES string of the molecule is CC(=O)C(C)=O.Clc1ccccc1. The fourth-order valence-corrected chi connectivity index (χ4v) is 0.560. The van der Waals surface area contributed by atoms with Crippen molar-refractivity contribution in [2.75, 3.05) is 0 Å². The van der Waals surface area contributed by atoms with E-state index in [1.165, 1.54) is 13.8 Å². The van der Waals surface area contributed by atoms with Gasteiger partial charge in [0.05, 0.1) is 0 Å². The molecule has 2 nitrogen and oxygen atoms in total. The lowest BCUT2D eigenvalue weighted by molar-refractivity contribution is -0.134. The van der Waals surface area contributed by atoms with Crippen molar-refractivity contribution < 1.29 is 9.59 Å². The number of carbonyl (C=O) groups excluding carboxylic acids is 2. The number of benzene rings is 1. The van der Waals surface area contributed by atoms with E-state index in [9.17, 15) is 9.59 Å². The van der Waals surface area contributed by atoms with Gasteiger partial charge in [-0.2, -0.15) is 0 Å². The van der Waals surface area contributed by atoms with Crippen LogP contribution in [0.1, 0.15) is 13.8 Å². The van der Waals surface area contributed by atoms with Crippen LogP contribution in [0.15, 0.2) is 30.3 Å². The first-order chi connectivity index (χ1) is 6.04. The molecule has 1 aromatic rings. The molecule has 0 unspecified atom stereocenters. The zero-order chi connectivity index (χ0) is 10.3. The summed E-state index contributed by atoms with van der Waals surface area (Å²) in [5.74, 6) is -0.759. The number of hydrogen-bond acceptors (Lipinski definition) is 2. The molecule has 3 heteroatoms. The van der Waals surface area contributed by atoms with Crippen molar-refractivity contribution in [3.63, 3.8) is 0 Å². The van der Waals surface area contributed by atoms with Crippen LogP contribution in [0.4, 0.5) is 0 Å². The van der Waals surface area contributed by atoms with Gasteiger partial charge in [-0.05, 0) is 12.1 Å². The van der Waals surface area contributed by atoms with E-state index in [4.69, 9.17) is 11.6 Å². The third-order valence-corrected chi connectivity index (χ3v) is 1.48. The van der Waals surface area contributed by atoms with Gasteiger partial charge < -0.3 is 0 Å². The molecule has 0 amide bonds. The molecule has 0 fully saturated rings. The van der Waals surface area contributed by atoms with Crippen molar-refractivity contribution in [1.29, 1.82) is 0 Å². The van der Waals surface area contributed by atoms with E-state index < -0.39 is 0 Å². The normalized spacial score (nSPS) is 8.23. The molecule has 13 heavy (non-hydrogen) atoms. The Balaban J connectivity index is 0.000000226. The Labute approximate surface area is 82.5 Å². The average Bonchev–Trinajstić information content (AvgIpc) is 2.06. The van der Waals surface area contributed by atoms with Crippen molar-refractivity contribution in [2.24, 2.45) is 0 Å². The summed E-state index contributed by atoms with van der Waals surface area (Å²) in [5, 5.41) is 0.794. The number of rotatable bonds is 1. The molecule has 0 aliphatic heterocycles. The molecule has 0 saturated carbocycles. The second-order valence-corrected chi connectivity index (χ2v) is 2.84. The van der Waals surface area contributed by atoms with Crippen LogP contribution < -0.4 is 0 Å². The molecule has 0 spiro atoms. The second kappa shape index (κ2) is 6.38. The van der Waals surface area contributed by atoms with Crippen LogP contribution in [0.25, 0.3) is 0 Å². The summed E-state index contributed by atoms with van der Waals surface area (Å²) >= 11 is 5.54. The van der Waals surface area contributed by atoms with E-state index >= 15 is 0 Å². The molecule has 70 valence electrons. The molecule has 0 aromatic heterocycles. The summed E-state index contributed by atoms with van der Waals surface area (Å²) in [6, 6.07) is 9.44. The molecular weight excluding hydrogens is 188 g/mol. The second-order valence-electron chi connectivity index (χ2n) is 2.41. The highest BCUT2D eigenvalue weighted by Crippen LogP contribution is 2.03. The highest BCUT2D eigenvalue weighted by atomic mass is 35.5. The topological polar surface area (TPSA) is 34.1 Å². The van der Waals surface area contributed by atoms with Gasteiger partial charge in [-0.1, -0.05) is 29.8 Å². The molecule has 0 saturated heterocycles. The van der Waals surface area contributed by atoms with Gasteiger partial charge in [0.15, 0.2) is 11.6 Å². The lowest BCUT2D eigenvalue weighted by atomic mass is 10.3. The van der Waals surface area contributed by atoms with Gasteiger partial charge >= 0.3 is 0 Å². The minimum absolute atomic E-state index is 0.380. The lowest BCUT2D eigenvalue weighted by Crippen LogP contribution is -2.01. The number of ketones is 2. The minimum Gasteiger partial charge on any atom is -0.291 e. The number of Topliss-reactive ketones (excluding diaryl/α,β-unsaturated/α-hetero) is 2. The van der Waals surface area contributed by atoms with E-state index in [1.807, 2.05) is 30.3 Å². The summed E-state index contributed by atoms with van der Waals surface area (Å²) < 4.78 is 0. The standard InChI is InChI=1S/C6H5Cl.C4H6O2/c7-6-4-2-1-3-5-6;1-3(5)4(2)6/h1-5H;1-2H3. The maximum atomic E-state index is 9.79. The van der Waals surface area contributed by atoms with Gasteiger partial charge in [-0.15, -0.1) is 0 Å². The van der Waals surface area contributed by atoms with Crippen molar-refractivity contribution >= 4 is 23.2 Å². The van der Waals surface area contributed by atoms with Crippen LogP contribution in [0.2, 0.25) is 5.02 Å². The van der Waals surface area contributed by atoms with Gasteiger partial charge in [0.25, 0.3) is 0 Å². The average molecular weight is 199 g/mol. The molecule has 0 heterocycles. The van der Waals surface area contributed by atoms with Gasteiger partial charge in [-0.3, -0.25) is 9.59 Å². The third kappa shape index (κ3) is 7.22. The molecule has 0 N–H and O–H groups in total. The van der Waals surface area contributed by atoms with Crippen LogP contribution in [-0.4, -0.2) is 11.6 Å². The van der Waals surface area contributed by atoms with E-state index in [2.05, 4.69) is 0 Å². The largest absolute Gasteiger partial charge is 0.291 e. The van der Waals surface area contributed by atoms with Crippen molar-refractivity contribution in [3.05, 3.63) is 35.4 Å². The summed E-state index contributed by atoms with van der Waals surface area (Å²) in [7, 11) is 0. The summed E-state index contributed by atoms with van der Waals surface area (Å²) in [6.45, 7) is 2.50. The lowest BCUT2D eigenvalue weighted by Gasteiger charge is -1.80. The van der Waals surface area contributed by atoms with E-state index in [0.29, 0.717) is 0 Å². The molecule has 1 aromatic carbocycles. The quantitative estimate of drug-likeness (QED) is 0.650. The predicted octanol–water partition coefficient (Wildman–Crippen LogP) is 2.50. The van der Waals surface area contributed by atoms with Crippen LogP contribution in [-0.2, 0) is 9.59 Å². The number of carbonyl (C=O) groups is 2. The monoisotopic (exact) mass is 198 g/mol. The number of halogens is 1. The summed E-state index contributed by atoms with van der Waals surface area (Å²) in [4.78, 5) is 19.6. The van der Waals surface area contributed by atoms with Crippen LogP contribution >= 0.6 is 11.6 Å². The van der Waals surface area contributed by atoms with Gasteiger partial charge in [0.2, 0.25) is 0 Å². The van der Waals surface area contributed by atoms with Crippen LogP contribution in [0.5, 0.6) is 0 Å². The van der Waals surface area contributed by atoms with Crippen molar-refractivity contribution in [1.82, 2.24) is 0 Å². The Hall–Kier alpha value is -1.15. The van der Waals surface area contributed by atoms with Gasteiger partial charge in [0.1, 0.15) is 0 Å². The first-order valence-electron chi connectivity index (χ1n) is 3.76. The maximum Gasteiger partial charge on any atom is 0.195 e. The molecule has 0 aliphatic rings. The highest BCUT2D eigenvalue weighted by molar-refractivity contribution is 6.35. The molecule has 0 aliphatic carbocycles. The third-order valence-electron chi connectivity index (χ3n) is 1.23. The Bertz CT molecular complexity index is 268. The van der Waals surface area contributed by atoms with Crippen molar-refractivity contribution in [3.8, 4) is 0 Å². The Morgan fingerprint density at radius 2 is 1.38 bits per heavy atom. The maximum absolute atomic E-state index is 9.79. The summed E-state index contributed by atoms with van der Waals surface area (Å²) in [5.41, 5.74) is 0. The van der Waals surface area contributed by atoms with Crippen molar-refractivity contribution in [2.45, 2.75) is 13.8 Å². The molecular formula is C10H11ClO2. The Kier molecular flexibility index (Phi) is 5.81. The van der Waals surface area contributed by atoms with Gasteiger partial charge in [0, 0.05) is 18.9 Å². The number of hydrogen-bond donors (Lipinski definition) is 0. The zero-order valence-electron chi connectivity index (χ0n) is 7.58. The first-order valence-corrected chi connectivity index (χ1v) is 4.14. The molecule has 1 rings (SSSR count). The van der Waals surface area contributed by atoms with E-state index in [0.717, 1.165) is 5.02 Å². The zero-order valence-corrected chi connectivity index (χ0v) is 8.34.